The molecule has 6 nitrogen and oxygen atoms in total. The van der Waals surface area contributed by atoms with E-state index in [2.05, 4.69) is 16.4 Å². The number of nitrogens with one attached hydrogen (secondary N) is 1. The molecule has 1 amide bonds. The highest BCUT2D eigenvalue weighted by molar-refractivity contribution is 7.99. The van der Waals surface area contributed by atoms with E-state index in [-0.39, 0.29) is 5.41 Å². The number of amides is 1. The molecule has 0 saturated heterocycles. The molecule has 150 valence electrons. The van der Waals surface area contributed by atoms with E-state index >= 15 is 0 Å². The van der Waals surface area contributed by atoms with Crippen molar-refractivity contribution in [1.29, 1.82) is 0 Å². The first-order valence-corrected chi connectivity index (χ1v) is 10.6. The minimum atomic E-state index is -1.04. The Kier molecular flexibility index (Phi) is 7.53. The van der Waals surface area contributed by atoms with Gasteiger partial charge in [0.15, 0.2) is 0 Å². The van der Waals surface area contributed by atoms with Gasteiger partial charge in [0.05, 0.1) is 0 Å². The van der Waals surface area contributed by atoms with Gasteiger partial charge in [0.25, 0.3) is 0 Å². The lowest BCUT2D eigenvalue weighted by atomic mass is 9.65. The summed E-state index contributed by atoms with van der Waals surface area (Å²) in [6.45, 7) is 5.24. The molecule has 1 aromatic rings. The van der Waals surface area contributed by atoms with Crippen molar-refractivity contribution in [1.82, 2.24) is 10.3 Å². The molecule has 2 rings (SSSR count). The average Bonchev–Trinajstić information content (AvgIpc) is 2.54. The van der Waals surface area contributed by atoms with Crippen LogP contribution in [0.4, 0.5) is 4.79 Å². The maximum Gasteiger partial charge on any atom is 0.408 e. The molecule has 0 aliphatic heterocycles. The predicted molar refractivity (Wildman–Crippen MR) is 107 cm³/mol. The number of pyridine rings is 1. The van der Waals surface area contributed by atoms with Gasteiger partial charge in [-0.2, -0.15) is 11.8 Å². The number of aliphatic carboxylic acids is 1. The van der Waals surface area contributed by atoms with E-state index in [0.29, 0.717) is 12.2 Å². The largest absolute Gasteiger partial charge is 0.480 e. The number of carboxylic acids is 1. The van der Waals surface area contributed by atoms with Crippen LogP contribution in [0.15, 0.2) is 24.4 Å². The summed E-state index contributed by atoms with van der Waals surface area (Å²) in [4.78, 5) is 27.7. The van der Waals surface area contributed by atoms with Crippen LogP contribution in [0.2, 0.25) is 0 Å². The summed E-state index contributed by atoms with van der Waals surface area (Å²) in [6.07, 6.45) is 6.15. The molecule has 1 unspecified atom stereocenters. The van der Waals surface area contributed by atoms with Gasteiger partial charge >= 0.3 is 12.1 Å². The molecule has 7 heteroatoms. The molecule has 1 aromatic heterocycles. The molecule has 0 aromatic carbocycles. The third kappa shape index (κ3) is 6.72. The van der Waals surface area contributed by atoms with Crippen molar-refractivity contribution >= 4 is 23.8 Å². The maximum absolute atomic E-state index is 11.8. The zero-order valence-corrected chi connectivity index (χ0v) is 17.2. The molecule has 1 aliphatic carbocycles. The van der Waals surface area contributed by atoms with Gasteiger partial charge in [-0.1, -0.05) is 12.5 Å². The van der Waals surface area contributed by atoms with Crippen molar-refractivity contribution in [2.75, 3.05) is 11.5 Å². The highest BCUT2D eigenvalue weighted by Crippen LogP contribution is 2.46. The first kappa shape index (κ1) is 21.5. The summed E-state index contributed by atoms with van der Waals surface area (Å²) in [7, 11) is 0. The molecular formula is C20H30N2O4S. The number of alkyl carbamates (subject to hydrolysis) is 1. The summed E-state index contributed by atoms with van der Waals surface area (Å²) in [5.74, 6) is 0.589. The lowest BCUT2D eigenvalue weighted by Crippen LogP contribution is -2.43. The molecule has 27 heavy (non-hydrogen) atoms. The van der Waals surface area contributed by atoms with Gasteiger partial charge in [-0.25, -0.2) is 9.59 Å². The van der Waals surface area contributed by atoms with E-state index in [1.165, 1.54) is 25.0 Å². The van der Waals surface area contributed by atoms with Gasteiger partial charge in [0.1, 0.15) is 11.6 Å². The van der Waals surface area contributed by atoms with Gasteiger partial charge in [-0.05, 0) is 70.1 Å². The number of hydrogen-bond donors (Lipinski definition) is 2. The molecule has 1 saturated carbocycles. The normalized spacial score (nSPS) is 16.9. The van der Waals surface area contributed by atoms with Crippen molar-refractivity contribution in [2.24, 2.45) is 0 Å². The molecule has 2 N–H and O–H groups in total. The molecule has 0 radical (unpaired) electrons. The fraction of sp³-hybridized carbons (Fsp3) is 0.650. The lowest BCUT2D eigenvalue weighted by molar-refractivity contribution is -0.139. The topological polar surface area (TPSA) is 88.5 Å². The number of hydrogen-bond acceptors (Lipinski definition) is 5. The van der Waals surface area contributed by atoms with Crippen LogP contribution < -0.4 is 5.32 Å². The lowest BCUT2D eigenvalue weighted by Gasteiger charge is -2.41. The molecule has 1 atom stereocenters. The Balaban J connectivity index is 1.74. The van der Waals surface area contributed by atoms with E-state index in [4.69, 9.17) is 4.74 Å². The van der Waals surface area contributed by atoms with Crippen LogP contribution in [0.1, 0.15) is 58.6 Å². The zero-order valence-electron chi connectivity index (χ0n) is 16.4. The number of carboxylic acid groups (broad SMARTS) is 1. The number of nitrogens with zero attached hydrogens (tertiary/aromatic N) is 1. The third-order valence-electron chi connectivity index (χ3n) is 4.78. The Morgan fingerprint density at radius 2 is 2.07 bits per heavy atom. The smallest absolute Gasteiger partial charge is 0.408 e. The predicted octanol–water partition coefficient (Wildman–Crippen LogP) is 3.99. The Morgan fingerprint density at radius 3 is 2.59 bits per heavy atom. The minimum absolute atomic E-state index is 0.190. The second kappa shape index (κ2) is 9.44. The maximum atomic E-state index is 11.8. The zero-order chi connectivity index (χ0) is 19.9. The second-order valence-corrected chi connectivity index (χ2v) is 9.26. The second-order valence-electron chi connectivity index (χ2n) is 8.04. The van der Waals surface area contributed by atoms with Crippen molar-refractivity contribution < 1.29 is 19.4 Å². The van der Waals surface area contributed by atoms with Crippen LogP contribution in [0.3, 0.4) is 0 Å². The van der Waals surface area contributed by atoms with Gasteiger partial charge in [-0.3, -0.25) is 4.98 Å². The number of carbonyl (C=O) groups excluding carboxylic acids is 1. The van der Waals surface area contributed by atoms with Gasteiger partial charge < -0.3 is 15.2 Å². The standard InChI is InChI=1S/C20H30N2O4S/c1-19(2,3)26-18(25)22-15(17(23)24)8-13-27-14-11-20(9-6-10-20)16-7-4-5-12-21-16/h4-5,7,12,15H,6,8-11,13-14H2,1-3H3,(H,22,25)(H,23,24). The van der Waals surface area contributed by atoms with Crippen LogP contribution in [0, 0.1) is 0 Å². The van der Waals surface area contributed by atoms with Crippen molar-refractivity contribution in [3.8, 4) is 0 Å². The van der Waals surface area contributed by atoms with Crippen molar-refractivity contribution in [3.63, 3.8) is 0 Å². The number of aromatic nitrogens is 1. The quantitative estimate of drug-likeness (QED) is 0.616. The highest BCUT2D eigenvalue weighted by atomic mass is 32.2. The molecular weight excluding hydrogens is 364 g/mol. The highest BCUT2D eigenvalue weighted by Gasteiger charge is 2.39. The van der Waals surface area contributed by atoms with E-state index in [1.54, 1.807) is 32.5 Å². The number of ether oxygens (including phenoxy) is 1. The van der Waals surface area contributed by atoms with Crippen LogP contribution in [0.25, 0.3) is 0 Å². The monoisotopic (exact) mass is 394 g/mol. The van der Waals surface area contributed by atoms with E-state index < -0.39 is 23.7 Å². The Labute approximate surface area is 165 Å². The Morgan fingerprint density at radius 1 is 1.33 bits per heavy atom. The molecule has 1 fully saturated rings. The Bertz CT molecular complexity index is 627. The minimum Gasteiger partial charge on any atom is -0.480 e. The number of rotatable bonds is 9. The fourth-order valence-electron chi connectivity index (χ4n) is 3.19. The molecule has 1 aliphatic rings. The van der Waals surface area contributed by atoms with Gasteiger partial charge in [0.2, 0.25) is 0 Å². The van der Waals surface area contributed by atoms with E-state index in [9.17, 15) is 14.7 Å². The number of carbonyl (C=O) groups is 2. The average molecular weight is 395 g/mol. The van der Waals surface area contributed by atoms with Crippen LogP contribution >= 0.6 is 11.8 Å². The number of thioether (sulfide) groups is 1. The SMILES string of the molecule is CC(C)(C)OC(=O)NC(CCSCCC1(c2ccccn2)CCC1)C(=O)O. The summed E-state index contributed by atoms with van der Waals surface area (Å²) in [5.41, 5.74) is 0.714. The summed E-state index contributed by atoms with van der Waals surface area (Å²) in [5, 5.41) is 11.8. The van der Waals surface area contributed by atoms with E-state index in [0.717, 1.165) is 12.2 Å². The summed E-state index contributed by atoms with van der Waals surface area (Å²) >= 11 is 1.73. The van der Waals surface area contributed by atoms with Crippen LogP contribution in [-0.4, -0.2) is 45.3 Å². The van der Waals surface area contributed by atoms with E-state index in [1.807, 2.05) is 18.3 Å². The van der Waals surface area contributed by atoms with Crippen LogP contribution in [-0.2, 0) is 14.9 Å². The third-order valence-corrected chi connectivity index (χ3v) is 5.80. The summed E-state index contributed by atoms with van der Waals surface area (Å²) < 4.78 is 5.13. The first-order chi connectivity index (χ1) is 12.7. The van der Waals surface area contributed by atoms with Crippen LogP contribution in [0.5, 0.6) is 0 Å². The Hall–Kier alpha value is -1.76. The van der Waals surface area contributed by atoms with Crippen molar-refractivity contribution in [2.45, 2.75) is 69.9 Å². The first-order valence-electron chi connectivity index (χ1n) is 9.43. The molecule has 0 bridgehead atoms. The fourth-order valence-corrected chi connectivity index (χ4v) is 4.33. The van der Waals surface area contributed by atoms with Gasteiger partial charge in [-0.15, -0.1) is 0 Å². The molecule has 0 spiro atoms. The van der Waals surface area contributed by atoms with Crippen molar-refractivity contribution in [3.05, 3.63) is 30.1 Å². The summed E-state index contributed by atoms with van der Waals surface area (Å²) in [6, 6.07) is 5.15. The van der Waals surface area contributed by atoms with Gasteiger partial charge in [0, 0.05) is 17.3 Å². The molecule has 1 heterocycles.